The van der Waals surface area contributed by atoms with Crippen molar-refractivity contribution >= 4 is 15.9 Å². The van der Waals surface area contributed by atoms with Crippen molar-refractivity contribution in [3.63, 3.8) is 0 Å². The Morgan fingerprint density at radius 2 is 2.05 bits per heavy atom. The van der Waals surface area contributed by atoms with Gasteiger partial charge in [-0.1, -0.05) is 0 Å². The number of halogens is 1. The lowest BCUT2D eigenvalue weighted by Gasteiger charge is -2.23. The Morgan fingerprint density at radius 3 is 2.76 bits per heavy atom. The highest BCUT2D eigenvalue weighted by atomic mass is 79.9. The van der Waals surface area contributed by atoms with Gasteiger partial charge in [0.25, 0.3) is 0 Å². The normalized spacial score (nSPS) is 23.8. The van der Waals surface area contributed by atoms with E-state index in [0.717, 1.165) is 25.7 Å². The topological polar surface area (TPSA) is 35.9 Å². The number of hydrogen-bond donors (Lipinski definition) is 1. The molecule has 21 heavy (non-hydrogen) atoms. The van der Waals surface area contributed by atoms with Crippen molar-refractivity contribution in [2.75, 3.05) is 33.3 Å². The summed E-state index contributed by atoms with van der Waals surface area (Å²) in [5.41, 5.74) is 1.18. The maximum absolute atomic E-state index is 9.88. The van der Waals surface area contributed by atoms with Crippen LogP contribution >= 0.6 is 15.9 Å². The third-order valence-corrected chi connectivity index (χ3v) is 5.22. The van der Waals surface area contributed by atoms with Crippen molar-refractivity contribution in [2.45, 2.75) is 31.8 Å². The van der Waals surface area contributed by atoms with E-state index in [0.29, 0.717) is 10.2 Å². The summed E-state index contributed by atoms with van der Waals surface area (Å²) in [5.74, 6) is 0.715. The molecular weight excluding hydrogens is 332 g/mol. The third-order valence-electron chi connectivity index (χ3n) is 4.62. The zero-order valence-electron chi connectivity index (χ0n) is 12.5. The van der Waals surface area contributed by atoms with Crippen LogP contribution in [0.15, 0.2) is 16.6 Å². The molecule has 2 heterocycles. The van der Waals surface area contributed by atoms with Crippen LogP contribution in [0.2, 0.25) is 0 Å². The van der Waals surface area contributed by atoms with Crippen molar-refractivity contribution in [3.8, 4) is 11.5 Å². The summed E-state index contributed by atoms with van der Waals surface area (Å²) in [6.07, 6.45) is 3.99. The Labute approximate surface area is 134 Å². The fourth-order valence-corrected chi connectivity index (χ4v) is 3.98. The monoisotopic (exact) mass is 354 g/mol. The summed E-state index contributed by atoms with van der Waals surface area (Å²) in [6, 6.07) is 4.65. The van der Waals surface area contributed by atoms with E-state index < -0.39 is 0 Å². The van der Waals surface area contributed by atoms with Crippen molar-refractivity contribution in [1.29, 1.82) is 0 Å². The minimum Gasteiger partial charge on any atom is -0.503 e. The molecule has 0 amide bonds. The molecule has 1 unspecified atom stereocenters. The smallest absolute Gasteiger partial charge is 0.172 e. The predicted molar refractivity (Wildman–Crippen MR) is 86.8 cm³/mol. The molecule has 2 aliphatic heterocycles. The molecule has 0 bridgehead atoms. The van der Waals surface area contributed by atoms with Gasteiger partial charge >= 0.3 is 0 Å². The highest BCUT2D eigenvalue weighted by Gasteiger charge is 2.29. The van der Waals surface area contributed by atoms with Crippen LogP contribution in [0.3, 0.4) is 0 Å². The Bertz CT molecular complexity index is 503. The molecule has 1 N–H and O–H groups in total. The molecule has 0 aromatic heterocycles. The highest BCUT2D eigenvalue weighted by Crippen LogP contribution is 2.35. The second-order valence-electron chi connectivity index (χ2n) is 6.05. The van der Waals surface area contributed by atoms with Gasteiger partial charge in [0.05, 0.1) is 11.6 Å². The molecule has 1 aromatic carbocycles. The van der Waals surface area contributed by atoms with Crippen LogP contribution in [0.5, 0.6) is 11.5 Å². The van der Waals surface area contributed by atoms with Gasteiger partial charge in [0.1, 0.15) is 0 Å². The van der Waals surface area contributed by atoms with Gasteiger partial charge in [0.15, 0.2) is 11.5 Å². The molecule has 3 rings (SSSR count). The lowest BCUT2D eigenvalue weighted by Crippen LogP contribution is -2.35. The fraction of sp³-hybridized carbons (Fsp3) is 0.625. The van der Waals surface area contributed by atoms with E-state index in [9.17, 15) is 5.11 Å². The van der Waals surface area contributed by atoms with E-state index in [2.05, 4.69) is 25.7 Å². The summed E-state index contributed by atoms with van der Waals surface area (Å²) < 4.78 is 5.93. The van der Waals surface area contributed by atoms with Crippen LogP contribution in [0.4, 0.5) is 0 Å². The minimum atomic E-state index is 0.178. The lowest BCUT2D eigenvalue weighted by molar-refractivity contribution is 0.229. The zero-order chi connectivity index (χ0) is 14.8. The third kappa shape index (κ3) is 3.35. The number of benzene rings is 1. The summed E-state index contributed by atoms with van der Waals surface area (Å²) in [4.78, 5) is 5.15. The number of hydrogen-bond acceptors (Lipinski definition) is 4. The Hall–Kier alpha value is -0.780. The van der Waals surface area contributed by atoms with Gasteiger partial charge < -0.3 is 9.84 Å². The van der Waals surface area contributed by atoms with Crippen LogP contribution < -0.4 is 4.74 Å². The van der Waals surface area contributed by atoms with Crippen LogP contribution in [0, 0.1) is 0 Å². The first-order chi connectivity index (χ1) is 10.2. The molecule has 0 saturated carbocycles. The molecular formula is C16H23BrN2O2. The van der Waals surface area contributed by atoms with Crippen LogP contribution in [0.1, 0.15) is 24.8 Å². The fourth-order valence-electron chi connectivity index (χ4n) is 3.49. The van der Waals surface area contributed by atoms with Gasteiger partial charge in [0.2, 0.25) is 0 Å². The number of nitrogens with zero attached hydrogens (tertiary/aromatic N) is 2. The number of methoxy groups -OCH3 is 1. The SMILES string of the molecule is COc1cc(CN2CCC(N3CCCC3)C2)cc(Br)c1O. The molecule has 2 aliphatic rings. The maximum atomic E-state index is 9.88. The summed E-state index contributed by atoms with van der Waals surface area (Å²) >= 11 is 3.40. The van der Waals surface area contributed by atoms with Gasteiger partial charge in [-0.05, 0) is 66.0 Å². The van der Waals surface area contributed by atoms with Gasteiger partial charge in [-0.3, -0.25) is 9.80 Å². The molecule has 2 fully saturated rings. The second kappa shape index (κ2) is 6.55. The first kappa shape index (κ1) is 15.1. The van der Waals surface area contributed by atoms with Gasteiger partial charge in [-0.15, -0.1) is 0 Å². The van der Waals surface area contributed by atoms with Gasteiger partial charge in [-0.25, -0.2) is 0 Å². The van der Waals surface area contributed by atoms with Crippen LogP contribution in [-0.4, -0.2) is 54.2 Å². The average molecular weight is 355 g/mol. The van der Waals surface area contributed by atoms with Gasteiger partial charge in [-0.2, -0.15) is 0 Å². The predicted octanol–water partition coefficient (Wildman–Crippen LogP) is 2.83. The van der Waals surface area contributed by atoms with Crippen LogP contribution in [0.25, 0.3) is 0 Å². The lowest BCUT2D eigenvalue weighted by atomic mass is 10.2. The molecule has 116 valence electrons. The van der Waals surface area contributed by atoms with E-state index >= 15 is 0 Å². The van der Waals surface area contributed by atoms with Crippen molar-refractivity contribution < 1.29 is 9.84 Å². The highest BCUT2D eigenvalue weighted by molar-refractivity contribution is 9.10. The average Bonchev–Trinajstić information content (AvgIpc) is 3.13. The standard InChI is InChI=1S/C16H23BrN2O2/c1-21-15-9-12(8-14(17)16(15)20)10-18-7-4-13(11-18)19-5-2-3-6-19/h8-9,13,20H,2-7,10-11H2,1H3. The molecule has 2 saturated heterocycles. The van der Waals surface area contributed by atoms with Crippen LogP contribution in [-0.2, 0) is 6.54 Å². The maximum Gasteiger partial charge on any atom is 0.172 e. The van der Waals surface area contributed by atoms with Crippen molar-refractivity contribution in [1.82, 2.24) is 9.80 Å². The molecule has 4 nitrogen and oxygen atoms in total. The quantitative estimate of drug-likeness (QED) is 0.901. The Kier molecular flexibility index (Phi) is 4.72. The number of likely N-dealkylation sites (tertiary alicyclic amines) is 2. The Morgan fingerprint density at radius 1 is 1.29 bits per heavy atom. The van der Waals surface area contributed by atoms with E-state index in [4.69, 9.17) is 4.74 Å². The molecule has 0 radical (unpaired) electrons. The van der Waals surface area contributed by atoms with Crippen molar-refractivity contribution in [2.24, 2.45) is 0 Å². The minimum absolute atomic E-state index is 0.178. The number of ether oxygens (including phenoxy) is 1. The van der Waals surface area contributed by atoms with Crippen molar-refractivity contribution in [3.05, 3.63) is 22.2 Å². The summed E-state index contributed by atoms with van der Waals surface area (Å²) in [6.45, 7) is 5.77. The number of phenolic OH excluding ortho intramolecular Hbond substituents is 1. The Balaban J connectivity index is 1.63. The molecule has 1 aromatic rings. The molecule has 0 spiro atoms. The molecule has 0 aliphatic carbocycles. The zero-order valence-corrected chi connectivity index (χ0v) is 14.1. The second-order valence-corrected chi connectivity index (χ2v) is 6.90. The van der Waals surface area contributed by atoms with E-state index in [1.807, 2.05) is 12.1 Å². The number of phenols is 1. The molecule has 1 atom stereocenters. The summed E-state index contributed by atoms with van der Waals surface area (Å²) in [5, 5.41) is 9.88. The largest absolute Gasteiger partial charge is 0.503 e. The number of aromatic hydroxyl groups is 1. The summed E-state index contributed by atoms with van der Waals surface area (Å²) in [7, 11) is 1.59. The number of rotatable bonds is 4. The van der Waals surface area contributed by atoms with E-state index in [1.165, 1.54) is 37.9 Å². The van der Waals surface area contributed by atoms with Gasteiger partial charge in [0, 0.05) is 25.7 Å². The molecule has 5 heteroatoms. The first-order valence-electron chi connectivity index (χ1n) is 7.69. The van der Waals surface area contributed by atoms with E-state index in [1.54, 1.807) is 7.11 Å². The first-order valence-corrected chi connectivity index (χ1v) is 8.48. The van der Waals surface area contributed by atoms with E-state index in [-0.39, 0.29) is 5.75 Å².